The van der Waals surface area contributed by atoms with Crippen LogP contribution in [0.3, 0.4) is 0 Å². The summed E-state index contributed by atoms with van der Waals surface area (Å²) in [5.74, 6) is 0.843. The van der Waals surface area contributed by atoms with E-state index in [1.807, 2.05) is 17.7 Å². The molecule has 1 aliphatic carbocycles. The molecule has 0 amide bonds. The second-order valence-electron chi connectivity index (χ2n) is 7.25. The third-order valence-corrected chi connectivity index (χ3v) is 6.31. The van der Waals surface area contributed by atoms with E-state index < -0.39 is 6.10 Å². The highest BCUT2D eigenvalue weighted by Crippen LogP contribution is 2.32. The van der Waals surface area contributed by atoms with Crippen LogP contribution in [0.1, 0.15) is 30.1 Å². The van der Waals surface area contributed by atoms with E-state index in [1.165, 1.54) is 35.0 Å². The zero-order valence-corrected chi connectivity index (χ0v) is 17.1. The first-order valence-electron chi connectivity index (χ1n) is 9.77. The van der Waals surface area contributed by atoms with Gasteiger partial charge in [-0.1, -0.05) is 36.0 Å². The number of ether oxygens (including phenoxy) is 1. The zero-order valence-electron chi connectivity index (χ0n) is 16.3. The molecule has 0 saturated heterocycles. The van der Waals surface area contributed by atoms with E-state index in [0.717, 1.165) is 24.8 Å². The third-order valence-electron chi connectivity index (χ3n) is 5.15. The summed E-state index contributed by atoms with van der Waals surface area (Å²) in [5, 5.41) is 19.5. The summed E-state index contributed by atoms with van der Waals surface area (Å²) in [4.78, 5) is 0. The van der Waals surface area contributed by atoms with E-state index in [4.69, 9.17) is 4.74 Å². The fourth-order valence-corrected chi connectivity index (χ4v) is 4.44. The molecule has 1 aliphatic rings. The van der Waals surface area contributed by atoms with Gasteiger partial charge in [0.25, 0.3) is 0 Å². The monoisotopic (exact) mass is 413 g/mol. The number of aliphatic hydroxyl groups excluding tert-OH is 1. The maximum Gasteiger partial charge on any atom is 0.191 e. The molecule has 0 aliphatic heterocycles. The molecule has 2 aromatic carbocycles. The molecule has 29 heavy (non-hydrogen) atoms. The summed E-state index contributed by atoms with van der Waals surface area (Å²) < 4.78 is 21.0. The Morgan fingerprint density at radius 3 is 2.83 bits per heavy atom. The highest BCUT2D eigenvalue weighted by molar-refractivity contribution is 7.99. The molecular weight excluding hydrogens is 389 g/mol. The molecule has 3 aromatic rings. The molecule has 0 fully saturated rings. The molecule has 152 valence electrons. The average Bonchev–Trinajstić information content (AvgIpc) is 3.11. The van der Waals surface area contributed by atoms with Gasteiger partial charge < -0.3 is 14.4 Å². The summed E-state index contributed by atoms with van der Waals surface area (Å²) in [5.41, 5.74) is 3.39. The Hall–Kier alpha value is -2.22. The number of aryl methyl sites for hydroxylation is 1. The van der Waals surface area contributed by atoms with E-state index in [0.29, 0.717) is 16.7 Å². The number of thioether (sulfide) groups is 1. The molecule has 2 atom stereocenters. The van der Waals surface area contributed by atoms with Crippen molar-refractivity contribution in [2.75, 3.05) is 12.4 Å². The SMILES string of the molecule is Cn1c(SC[C@H](O)CO[C@H]2CCCc3ccccc32)nnc1-c1ccc(F)cc1. The van der Waals surface area contributed by atoms with Crippen LogP contribution >= 0.6 is 11.8 Å². The highest BCUT2D eigenvalue weighted by atomic mass is 32.2. The lowest BCUT2D eigenvalue weighted by Gasteiger charge is -2.26. The first kappa shape index (κ1) is 20.1. The maximum atomic E-state index is 13.1. The molecule has 1 N–H and O–H groups in total. The summed E-state index contributed by atoms with van der Waals surface area (Å²) in [6.07, 6.45) is 2.65. The van der Waals surface area contributed by atoms with Gasteiger partial charge in [-0.15, -0.1) is 10.2 Å². The molecule has 0 spiro atoms. The van der Waals surface area contributed by atoms with E-state index in [9.17, 15) is 9.50 Å². The van der Waals surface area contributed by atoms with Crippen LogP contribution in [0.2, 0.25) is 0 Å². The summed E-state index contributed by atoms with van der Waals surface area (Å²) in [6, 6.07) is 14.5. The number of nitrogens with zero attached hydrogens (tertiary/aromatic N) is 3. The van der Waals surface area contributed by atoms with Crippen molar-refractivity contribution in [3.8, 4) is 11.4 Å². The smallest absolute Gasteiger partial charge is 0.191 e. The van der Waals surface area contributed by atoms with Crippen molar-refractivity contribution in [1.29, 1.82) is 0 Å². The van der Waals surface area contributed by atoms with Crippen molar-refractivity contribution >= 4 is 11.8 Å². The summed E-state index contributed by atoms with van der Waals surface area (Å²) in [7, 11) is 1.86. The molecule has 4 rings (SSSR count). The van der Waals surface area contributed by atoms with Gasteiger partial charge in [0.1, 0.15) is 5.82 Å². The minimum atomic E-state index is -0.597. The van der Waals surface area contributed by atoms with Gasteiger partial charge in [0.2, 0.25) is 0 Å². The van der Waals surface area contributed by atoms with Crippen LogP contribution in [0.5, 0.6) is 0 Å². The first-order valence-corrected chi connectivity index (χ1v) is 10.8. The fourth-order valence-electron chi connectivity index (χ4n) is 3.62. The van der Waals surface area contributed by atoms with E-state index in [-0.39, 0.29) is 18.5 Å². The number of aliphatic hydroxyl groups is 1. The van der Waals surface area contributed by atoms with Crippen LogP contribution in [-0.2, 0) is 18.2 Å². The Bertz CT molecular complexity index is 961. The van der Waals surface area contributed by atoms with E-state index in [1.54, 1.807) is 12.1 Å². The number of benzene rings is 2. The van der Waals surface area contributed by atoms with Crippen LogP contribution in [-0.4, -0.2) is 38.3 Å². The Balaban J connectivity index is 1.31. The molecule has 1 heterocycles. The van der Waals surface area contributed by atoms with Crippen LogP contribution in [0.15, 0.2) is 53.7 Å². The van der Waals surface area contributed by atoms with Crippen molar-refractivity contribution in [3.63, 3.8) is 0 Å². The first-order chi connectivity index (χ1) is 14.1. The number of hydrogen-bond donors (Lipinski definition) is 1. The Morgan fingerprint density at radius 1 is 1.21 bits per heavy atom. The molecule has 5 nitrogen and oxygen atoms in total. The van der Waals surface area contributed by atoms with Crippen molar-refractivity contribution in [1.82, 2.24) is 14.8 Å². The van der Waals surface area contributed by atoms with Crippen LogP contribution in [0.4, 0.5) is 4.39 Å². The normalized spacial score (nSPS) is 17.1. The zero-order chi connectivity index (χ0) is 20.2. The number of fused-ring (bicyclic) bond motifs is 1. The number of halogens is 1. The quantitative estimate of drug-likeness (QED) is 0.589. The lowest BCUT2D eigenvalue weighted by molar-refractivity contribution is -0.00960. The van der Waals surface area contributed by atoms with Crippen molar-refractivity contribution in [3.05, 3.63) is 65.5 Å². The minimum Gasteiger partial charge on any atom is -0.390 e. The molecular formula is C22H24FN3O2S. The predicted molar refractivity (Wildman–Crippen MR) is 111 cm³/mol. The van der Waals surface area contributed by atoms with E-state index in [2.05, 4.69) is 28.4 Å². The molecule has 0 bridgehead atoms. The molecule has 7 heteroatoms. The summed E-state index contributed by atoms with van der Waals surface area (Å²) >= 11 is 1.43. The van der Waals surface area contributed by atoms with Crippen molar-refractivity contribution < 1.29 is 14.2 Å². The Labute approximate surface area is 173 Å². The average molecular weight is 414 g/mol. The topological polar surface area (TPSA) is 60.2 Å². The van der Waals surface area contributed by atoms with Gasteiger partial charge in [-0.2, -0.15) is 0 Å². The molecule has 0 radical (unpaired) electrons. The van der Waals surface area contributed by atoms with Gasteiger partial charge in [0, 0.05) is 18.4 Å². The standard InChI is InChI=1S/C22H24FN3O2S/c1-26-21(16-9-11-17(23)12-10-16)24-25-22(26)29-14-18(27)13-28-20-8-4-6-15-5-2-3-7-19(15)20/h2-3,5,7,9-12,18,20,27H,4,6,8,13-14H2,1H3/t18-,20+/m1/s1. The van der Waals surface area contributed by atoms with Crippen LogP contribution in [0.25, 0.3) is 11.4 Å². The Kier molecular flexibility index (Phi) is 6.28. The largest absolute Gasteiger partial charge is 0.390 e. The van der Waals surface area contributed by atoms with Crippen LogP contribution in [0, 0.1) is 5.82 Å². The van der Waals surface area contributed by atoms with E-state index >= 15 is 0 Å². The number of hydrogen-bond acceptors (Lipinski definition) is 5. The number of aromatic nitrogens is 3. The predicted octanol–water partition coefficient (Wildman–Crippen LogP) is 4.17. The lowest BCUT2D eigenvalue weighted by Crippen LogP contribution is -2.22. The lowest BCUT2D eigenvalue weighted by atomic mass is 9.89. The third kappa shape index (κ3) is 4.69. The number of rotatable bonds is 7. The van der Waals surface area contributed by atoms with Gasteiger partial charge in [0.05, 0.1) is 18.8 Å². The molecule has 1 aromatic heterocycles. The molecule has 0 unspecified atom stereocenters. The van der Waals surface area contributed by atoms with Crippen molar-refractivity contribution in [2.45, 2.75) is 36.6 Å². The second kappa shape index (κ2) is 9.07. The van der Waals surface area contributed by atoms with Gasteiger partial charge >= 0.3 is 0 Å². The maximum absolute atomic E-state index is 13.1. The van der Waals surface area contributed by atoms with Gasteiger partial charge in [-0.3, -0.25) is 0 Å². The fraction of sp³-hybridized carbons (Fsp3) is 0.364. The van der Waals surface area contributed by atoms with Gasteiger partial charge in [-0.05, 0) is 54.7 Å². The Morgan fingerprint density at radius 2 is 2.00 bits per heavy atom. The van der Waals surface area contributed by atoms with Gasteiger partial charge in [0.15, 0.2) is 11.0 Å². The van der Waals surface area contributed by atoms with Crippen LogP contribution < -0.4 is 0 Å². The minimum absolute atomic E-state index is 0.0551. The highest BCUT2D eigenvalue weighted by Gasteiger charge is 2.21. The van der Waals surface area contributed by atoms with Gasteiger partial charge in [-0.25, -0.2) is 4.39 Å². The second-order valence-corrected chi connectivity index (χ2v) is 8.24. The summed E-state index contributed by atoms with van der Waals surface area (Å²) in [6.45, 7) is 0.286. The van der Waals surface area contributed by atoms with Crippen molar-refractivity contribution in [2.24, 2.45) is 7.05 Å². The molecule has 0 saturated carbocycles.